The maximum absolute atomic E-state index is 13.2. The number of anilines is 1. The molecule has 1 aromatic rings. The van der Waals surface area contributed by atoms with Crippen molar-refractivity contribution in [2.75, 3.05) is 5.73 Å². The number of aromatic nitrogens is 1. The van der Waals surface area contributed by atoms with E-state index in [1.54, 1.807) is 0 Å². The maximum Gasteiger partial charge on any atom is 0.165 e. The van der Waals surface area contributed by atoms with Gasteiger partial charge in [0.1, 0.15) is 0 Å². The summed E-state index contributed by atoms with van der Waals surface area (Å²) >= 11 is 0. The second-order valence-corrected chi connectivity index (χ2v) is 4.37. The largest absolute Gasteiger partial charge is 0.381 e. The molecule has 84 valence electrons. The van der Waals surface area contributed by atoms with Crippen LogP contribution in [0.1, 0.15) is 25.1 Å². The molecule has 0 saturated heterocycles. The van der Waals surface area contributed by atoms with E-state index in [0.717, 1.165) is 11.3 Å². The minimum atomic E-state index is -0.459. The van der Waals surface area contributed by atoms with Gasteiger partial charge in [-0.1, -0.05) is 32.1 Å². The minimum absolute atomic E-state index is 0.0419. The summed E-state index contributed by atoms with van der Waals surface area (Å²) in [4.78, 5) is 4.03. The lowest BCUT2D eigenvalue weighted by Gasteiger charge is -2.09. The Morgan fingerprint density at radius 2 is 2.00 bits per heavy atom. The van der Waals surface area contributed by atoms with Gasteiger partial charge >= 0.3 is 0 Å². The third kappa shape index (κ3) is 1.98. The average molecular weight is 218 g/mol. The lowest BCUT2D eigenvalue weighted by molar-refractivity contribution is 0.554. The molecule has 16 heavy (non-hydrogen) atoms. The van der Waals surface area contributed by atoms with Gasteiger partial charge in [0.05, 0.1) is 5.69 Å². The van der Waals surface area contributed by atoms with Crippen molar-refractivity contribution in [3.8, 4) is 0 Å². The Balaban J connectivity index is 2.45. The Morgan fingerprint density at radius 1 is 1.31 bits per heavy atom. The number of halogens is 1. The normalized spacial score (nSPS) is 18.6. The van der Waals surface area contributed by atoms with Gasteiger partial charge in [0.15, 0.2) is 11.6 Å². The molecule has 1 atom stereocenters. The predicted molar refractivity (Wildman–Crippen MR) is 65.0 cm³/mol. The number of nitrogen functional groups attached to an aromatic ring is 1. The van der Waals surface area contributed by atoms with E-state index < -0.39 is 5.82 Å². The van der Waals surface area contributed by atoms with Crippen LogP contribution in [0.2, 0.25) is 0 Å². The standard InChI is InChI=1S/C13H15FN2/c1-8(2)9-3-4-10-7-11(14)13(15)16-12(10)6-5-9/h3-9H,1-2H3,(H2,15,16). The van der Waals surface area contributed by atoms with Crippen molar-refractivity contribution in [1.82, 2.24) is 4.98 Å². The first kappa shape index (κ1) is 10.9. The van der Waals surface area contributed by atoms with Crippen molar-refractivity contribution in [2.45, 2.75) is 13.8 Å². The smallest absolute Gasteiger partial charge is 0.165 e. The first-order valence-electron chi connectivity index (χ1n) is 5.40. The molecule has 1 aromatic heterocycles. The molecular weight excluding hydrogens is 203 g/mol. The zero-order valence-corrected chi connectivity index (χ0v) is 9.44. The van der Waals surface area contributed by atoms with Gasteiger partial charge in [0.2, 0.25) is 0 Å². The molecule has 0 aliphatic heterocycles. The first-order valence-corrected chi connectivity index (χ1v) is 5.40. The van der Waals surface area contributed by atoms with Gasteiger partial charge in [-0.15, -0.1) is 0 Å². The third-order valence-electron chi connectivity index (χ3n) is 2.81. The van der Waals surface area contributed by atoms with E-state index in [-0.39, 0.29) is 5.82 Å². The number of rotatable bonds is 1. The van der Waals surface area contributed by atoms with Crippen LogP contribution < -0.4 is 5.73 Å². The summed E-state index contributed by atoms with van der Waals surface area (Å²) in [6, 6.07) is 1.43. The van der Waals surface area contributed by atoms with Gasteiger partial charge in [0.25, 0.3) is 0 Å². The molecule has 0 spiro atoms. The van der Waals surface area contributed by atoms with Crippen molar-refractivity contribution >= 4 is 18.0 Å². The molecule has 1 aliphatic rings. The molecule has 3 heteroatoms. The number of fused-ring (bicyclic) bond motifs is 1. The Labute approximate surface area is 94.7 Å². The van der Waals surface area contributed by atoms with E-state index in [4.69, 9.17) is 5.73 Å². The Bertz CT molecular complexity index is 422. The van der Waals surface area contributed by atoms with Crippen LogP contribution in [0.5, 0.6) is 0 Å². The number of hydrogen-bond donors (Lipinski definition) is 1. The number of allylic oxidation sites excluding steroid dienone is 2. The molecule has 2 nitrogen and oxygen atoms in total. The summed E-state index contributed by atoms with van der Waals surface area (Å²) in [7, 11) is 0. The lowest BCUT2D eigenvalue weighted by atomic mass is 9.95. The quantitative estimate of drug-likeness (QED) is 0.786. The summed E-state index contributed by atoms with van der Waals surface area (Å²) < 4.78 is 13.2. The van der Waals surface area contributed by atoms with Gasteiger partial charge in [-0.25, -0.2) is 9.37 Å². The zero-order chi connectivity index (χ0) is 11.7. The second-order valence-electron chi connectivity index (χ2n) is 4.37. The first-order chi connectivity index (χ1) is 7.58. The van der Waals surface area contributed by atoms with Crippen LogP contribution in [0.3, 0.4) is 0 Å². The third-order valence-corrected chi connectivity index (χ3v) is 2.81. The highest BCUT2D eigenvalue weighted by Gasteiger charge is 2.12. The van der Waals surface area contributed by atoms with Crippen LogP contribution in [0.4, 0.5) is 10.2 Å². The number of nitrogens with zero attached hydrogens (tertiary/aromatic N) is 1. The monoisotopic (exact) mass is 218 g/mol. The van der Waals surface area contributed by atoms with Gasteiger partial charge < -0.3 is 5.73 Å². The molecular formula is C13H15FN2. The van der Waals surface area contributed by atoms with Gasteiger partial charge in [-0.3, -0.25) is 0 Å². The highest BCUT2D eigenvalue weighted by atomic mass is 19.1. The molecule has 0 bridgehead atoms. The van der Waals surface area contributed by atoms with Crippen molar-refractivity contribution in [3.05, 3.63) is 35.3 Å². The molecule has 2 N–H and O–H groups in total. The number of pyridine rings is 1. The number of hydrogen-bond acceptors (Lipinski definition) is 2. The van der Waals surface area contributed by atoms with Crippen molar-refractivity contribution < 1.29 is 4.39 Å². The second kappa shape index (κ2) is 4.08. The summed E-state index contributed by atoms with van der Waals surface area (Å²) in [5.41, 5.74) is 6.96. The van der Waals surface area contributed by atoms with E-state index in [0.29, 0.717) is 11.8 Å². The number of nitrogens with two attached hydrogens (primary N) is 1. The highest BCUT2D eigenvalue weighted by Crippen LogP contribution is 2.24. The van der Waals surface area contributed by atoms with Crippen LogP contribution in [0.15, 0.2) is 18.2 Å². The fourth-order valence-electron chi connectivity index (χ4n) is 1.72. The van der Waals surface area contributed by atoms with Crippen molar-refractivity contribution in [2.24, 2.45) is 11.8 Å². The molecule has 0 radical (unpaired) electrons. The zero-order valence-electron chi connectivity index (χ0n) is 9.44. The van der Waals surface area contributed by atoms with Crippen LogP contribution >= 0.6 is 0 Å². The SMILES string of the molecule is CC(C)C1C=Cc2cc(F)c(N)nc2C=C1. The van der Waals surface area contributed by atoms with Gasteiger partial charge in [-0.05, 0) is 24.0 Å². The molecule has 0 aromatic carbocycles. The van der Waals surface area contributed by atoms with E-state index >= 15 is 0 Å². The van der Waals surface area contributed by atoms with Crippen LogP contribution in [-0.4, -0.2) is 4.98 Å². The molecule has 0 saturated carbocycles. The molecule has 1 aliphatic carbocycles. The van der Waals surface area contributed by atoms with Crippen LogP contribution in [-0.2, 0) is 0 Å². The van der Waals surface area contributed by atoms with E-state index in [1.807, 2.05) is 12.2 Å². The Hall–Kier alpha value is -1.64. The van der Waals surface area contributed by atoms with Crippen molar-refractivity contribution in [3.63, 3.8) is 0 Å². The molecule has 2 rings (SSSR count). The average Bonchev–Trinajstić information content (AvgIpc) is 2.41. The Kier molecular flexibility index (Phi) is 2.77. The van der Waals surface area contributed by atoms with Crippen molar-refractivity contribution in [1.29, 1.82) is 0 Å². The van der Waals surface area contributed by atoms with E-state index in [1.165, 1.54) is 6.07 Å². The topological polar surface area (TPSA) is 38.9 Å². The summed E-state index contributed by atoms with van der Waals surface area (Å²) in [5.74, 6) is 0.377. The minimum Gasteiger partial charge on any atom is -0.381 e. The van der Waals surface area contributed by atoms with Gasteiger partial charge in [0, 0.05) is 5.56 Å². The Morgan fingerprint density at radius 3 is 2.69 bits per heavy atom. The molecule has 0 amide bonds. The summed E-state index contributed by atoms with van der Waals surface area (Å²) in [6.45, 7) is 4.30. The van der Waals surface area contributed by atoms with Crippen LogP contribution in [0, 0.1) is 17.7 Å². The van der Waals surface area contributed by atoms with Crippen LogP contribution in [0.25, 0.3) is 12.2 Å². The highest BCUT2D eigenvalue weighted by molar-refractivity contribution is 5.66. The predicted octanol–water partition coefficient (Wildman–Crippen LogP) is 3.12. The fourth-order valence-corrected chi connectivity index (χ4v) is 1.72. The lowest BCUT2D eigenvalue weighted by Crippen LogP contribution is -2.00. The fraction of sp³-hybridized carbons (Fsp3) is 0.308. The van der Waals surface area contributed by atoms with E-state index in [9.17, 15) is 4.39 Å². The molecule has 1 heterocycles. The summed E-state index contributed by atoms with van der Waals surface area (Å²) in [5, 5.41) is 0. The molecule has 0 fully saturated rings. The maximum atomic E-state index is 13.2. The van der Waals surface area contributed by atoms with Gasteiger partial charge in [-0.2, -0.15) is 0 Å². The summed E-state index contributed by atoms with van der Waals surface area (Å²) in [6.07, 6.45) is 7.98. The molecule has 1 unspecified atom stereocenters. The van der Waals surface area contributed by atoms with E-state index in [2.05, 4.69) is 31.0 Å².